The van der Waals surface area contributed by atoms with Gasteiger partial charge < -0.3 is 5.11 Å². The number of hydrogen-bond acceptors (Lipinski definition) is 4. The average molecular weight is 270 g/mol. The summed E-state index contributed by atoms with van der Waals surface area (Å²) in [5.41, 5.74) is 0. The topological polar surface area (TPSA) is 74.7 Å². The van der Waals surface area contributed by atoms with Crippen LogP contribution in [0.3, 0.4) is 0 Å². The molecule has 0 saturated carbocycles. The Morgan fingerprint density at radius 2 is 2.07 bits per heavy atom. The normalized spacial score (nSPS) is 12.0. The number of thiophene rings is 1. The molecule has 0 radical (unpaired) electrons. The Bertz CT molecular complexity index is 491. The van der Waals surface area contributed by atoms with E-state index >= 15 is 0 Å². The van der Waals surface area contributed by atoms with Crippen molar-refractivity contribution < 1.29 is 18.3 Å². The van der Waals surface area contributed by atoms with Crippen molar-refractivity contribution >= 4 is 38.9 Å². The van der Waals surface area contributed by atoms with Gasteiger partial charge in [-0.15, -0.1) is 11.3 Å². The number of carboxylic acids is 1. The Labute approximate surface area is 95.9 Å². The molecule has 84 valence electrons. The molecule has 1 heterocycles. The second-order valence-corrected chi connectivity index (χ2v) is 6.64. The minimum absolute atomic E-state index is 0.132. The van der Waals surface area contributed by atoms with E-state index in [1.165, 1.54) is 14.1 Å². The van der Waals surface area contributed by atoms with Crippen molar-refractivity contribution in [1.82, 2.24) is 4.31 Å². The van der Waals surface area contributed by atoms with Crippen LogP contribution in [0, 0.1) is 0 Å². The summed E-state index contributed by atoms with van der Waals surface area (Å²) in [7, 11) is -1.10. The van der Waals surface area contributed by atoms with Gasteiger partial charge in [0, 0.05) is 14.1 Å². The van der Waals surface area contributed by atoms with Crippen LogP contribution in [0.4, 0.5) is 0 Å². The number of carboxylic acid groups (broad SMARTS) is 1. The smallest absolute Gasteiger partial charge is 0.347 e. The molecule has 5 nitrogen and oxygen atoms in total. The standard InChI is InChI=1S/C7H8ClNO4S2/c1-9(2)15(12,13)4-3-5(8)14-6(4)7(10)11/h3H,1-2H3,(H,10,11). The summed E-state index contributed by atoms with van der Waals surface area (Å²) in [6.07, 6.45) is 0. The van der Waals surface area contributed by atoms with Crippen LogP contribution in [-0.4, -0.2) is 37.9 Å². The van der Waals surface area contributed by atoms with Crippen molar-refractivity contribution in [1.29, 1.82) is 0 Å². The molecule has 1 aromatic heterocycles. The Morgan fingerprint density at radius 1 is 1.53 bits per heavy atom. The van der Waals surface area contributed by atoms with Crippen LogP contribution < -0.4 is 0 Å². The summed E-state index contributed by atoms with van der Waals surface area (Å²) >= 11 is 6.32. The first-order valence-corrected chi connectivity index (χ1v) is 6.35. The third kappa shape index (κ3) is 2.31. The summed E-state index contributed by atoms with van der Waals surface area (Å²) in [5.74, 6) is -1.30. The fraction of sp³-hybridized carbons (Fsp3) is 0.286. The molecule has 15 heavy (non-hydrogen) atoms. The predicted molar refractivity (Wildman–Crippen MR) is 57.2 cm³/mol. The Balaban J connectivity index is 3.44. The van der Waals surface area contributed by atoms with Crippen molar-refractivity contribution in [3.05, 3.63) is 15.3 Å². The van der Waals surface area contributed by atoms with Gasteiger partial charge in [0.05, 0.1) is 4.34 Å². The lowest BCUT2D eigenvalue weighted by atomic mass is 10.5. The number of halogens is 1. The van der Waals surface area contributed by atoms with E-state index in [4.69, 9.17) is 16.7 Å². The molecular formula is C7H8ClNO4S2. The molecule has 0 amide bonds. The average Bonchev–Trinajstić information content (AvgIpc) is 2.47. The van der Waals surface area contributed by atoms with Crippen LogP contribution in [0.25, 0.3) is 0 Å². The van der Waals surface area contributed by atoms with Crippen LogP contribution in [0.2, 0.25) is 4.34 Å². The van der Waals surface area contributed by atoms with Gasteiger partial charge in [-0.3, -0.25) is 0 Å². The zero-order valence-electron chi connectivity index (χ0n) is 7.89. The Kier molecular flexibility index (Phi) is 3.39. The van der Waals surface area contributed by atoms with E-state index in [0.29, 0.717) is 0 Å². The molecule has 0 fully saturated rings. The summed E-state index contributed by atoms with van der Waals surface area (Å²) in [4.78, 5) is 10.2. The minimum atomic E-state index is -3.75. The number of rotatable bonds is 3. The van der Waals surface area contributed by atoms with E-state index in [1.54, 1.807) is 0 Å². The van der Waals surface area contributed by atoms with E-state index in [2.05, 4.69) is 0 Å². The third-order valence-electron chi connectivity index (χ3n) is 1.62. The highest BCUT2D eigenvalue weighted by Crippen LogP contribution is 2.31. The van der Waals surface area contributed by atoms with Gasteiger partial charge in [-0.1, -0.05) is 11.6 Å². The maximum atomic E-state index is 11.7. The predicted octanol–water partition coefficient (Wildman–Crippen LogP) is 1.35. The van der Waals surface area contributed by atoms with Gasteiger partial charge in [0.25, 0.3) is 0 Å². The van der Waals surface area contributed by atoms with E-state index in [9.17, 15) is 13.2 Å². The van der Waals surface area contributed by atoms with Crippen LogP contribution in [0.15, 0.2) is 11.0 Å². The van der Waals surface area contributed by atoms with E-state index < -0.39 is 16.0 Å². The maximum absolute atomic E-state index is 11.7. The van der Waals surface area contributed by atoms with Crippen LogP contribution in [0.1, 0.15) is 9.67 Å². The van der Waals surface area contributed by atoms with Gasteiger partial charge in [-0.2, -0.15) is 0 Å². The number of hydrogen-bond donors (Lipinski definition) is 1. The zero-order valence-corrected chi connectivity index (χ0v) is 10.3. The fourth-order valence-electron chi connectivity index (χ4n) is 0.883. The zero-order chi connectivity index (χ0) is 11.8. The highest BCUT2D eigenvalue weighted by molar-refractivity contribution is 7.89. The summed E-state index contributed by atoms with van der Waals surface area (Å²) in [6, 6.07) is 1.14. The SMILES string of the molecule is CN(C)S(=O)(=O)c1cc(Cl)sc1C(=O)O. The molecular weight excluding hydrogens is 262 g/mol. The maximum Gasteiger partial charge on any atom is 0.347 e. The summed E-state index contributed by atoms with van der Waals surface area (Å²) in [5, 5.41) is 8.79. The second kappa shape index (κ2) is 4.09. The van der Waals surface area contributed by atoms with Gasteiger partial charge in [-0.05, 0) is 6.07 Å². The van der Waals surface area contributed by atoms with Crippen molar-refractivity contribution in [2.75, 3.05) is 14.1 Å². The lowest BCUT2D eigenvalue weighted by molar-refractivity contribution is 0.0698. The molecule has 1 rings (SSSR count). The van der Waals surface area contributed by atoms with Crippen LogP contribution in [-0.2, 0) is 10.0 Å². The molecule has 0 saturated heterocycles. The van der Waals surface area contributed by atoms with Crippen LogP contribution >= 0.6 is 22.9 Å². The quantitative estimate of drug-likeness (QED) is 0.899. The second-order valence-electron chi connectivity index (χ2n) is 2.84. The number of aromatic carboxylic acids is 1. The Hall–Kier alpha value is -0.630. The highest BCUT2D eigenvalue weighted by Gasteiger charge is 2.27. The minimum Gasteiger partial charge on any atom is -0.477 e. The summed E-state index contributed by atoms with van der Waals surface area (Å²) in [6.45, 7) is 0. The highest BCUT2D eigenvalue weighted by atomic mass is 35.5. The largest absolute Gasteiger partial charge is 0.477 e. The molecule has 8 heteroatoms. The lowest BCUT2D eigenvalue weighted by Crippen LogP contribution is -2.23. The fourth-order valence-corrected chi connectivity index (χ4v) is 3.40. The van der Waals surface area contributed by atoms with E-state index in [-0.39, 0.29) is 14.1 Å². The van der Waals surface area contributed by atoms with Crippen molar-refractivity contribution in [3.63, 3.8) is 0 Å². The van der Waals surface area contributed by atoms with E-state index in [1.807, 2.05) is 0 Å². The molecule has 1 N–H and O–H groups in total. The Morgan fingerprint density at radius 3 is 2.47 bits per heavy atom. The van der Waals surface area contributed by atoms with Crippen molar-refractivity contribution in [3.8, 4) is 0 Å². The van der Waals surface area contributed by atoms with Crippen molar-refractivity contribution in [2.24, 2.45) is 0 Å². The number of nitrogens with zero attached hydrogens (tertiary/aromatic N) is 1. The van der Waals surface area contributed by atoms with Gasteiger partial charge in [0.15, 0.2) is 0 Å². The summed E-state index contributed by atoms with van der Waals surface area (Å²) < 4.78 is 24.4. The molecule has 1 aromatic rings. The number of carbonyl (C=O) groups is 1. The van der Waals surface area contributed by atoms with Crippen LogP contribution in [0.5, 0.6) is 0 Å². The first-order valence-electron chi connectivity index (χ1n) is 3.72. The number of sulfonamides is 1. The van der Waals surface area contributed by atoms with Gasteiger partial charge in [0.1, 0.15) is 9.77 Å². The molecule has 0 aromatic carbocycles. The third-order valence-corrected chi connectivity index (χ3v) is 4.84. The molecule has 0 aliphatic rings. The lowest BCUT2D eigenvalue weighted by Gasteiger charge is -2.09. The van der Waals surface area contributed by atoms with Crippen molar-refractivity contribution in [2.45, 2.75) is 4.90 Å². The molecule has 0 aliphatic carbocycles. The first kappa shape index (κ1) is 12.4. The molecule has 0 unspecified atom stereocenters. The van der Waals surface area contributed by atoms with E-state index in [0.717, 1.165) is 21.7 Å². The first-order chi connectivity index (χ1) is 6.76. The monoisotopic (exact) mass is 269 g/mol. The van der Waals surface area contributed by atoms with Gasteiger partial charge >= 0.3 is 5.97 Å². The molecule has 0 aliphatic heterocycles. The molecule has 0 atom stereocenters. The molecule has 0 spiro atoms. The van der Waals surface area contributed by atoms with Gasteiger partial charge in [0.2, 0.25) is 10.0 Å². The molecule has 0 bridgehead atoms. The van der Waals surface area contributed by atoms with Gasteiger partial charge in [-0.25, -0.2) is 17.5 Å².